The van der Waals surface area contributed by atoms with Crippen LogP contribution >= 0.6 is 0 Å². The van der Waals surface area contributed by atoms with Crippen LogP contribution in [0.3, 0.4) is 0 Å². The molecule has 0 atom stereocenters. The third kappa shape index (κ3) is 4840. The van der Waals surface area contributed by atoms with E-state index in [9.17, 15) is 0 Å². The van der Waals surface area contributed by atoms with Crippen LogP contribution in [0.4, 0.5) is 0 Å². The second-order valence-electron chi connectivity index (χ2n) is 3.13. The Bertz CT molecular complexity index is 719. The molecule has 0 saturated heterocycles. The van der Waals surface area contributed by atoms with Crippen LogP contribution in [0.5, 0.6) is 0 Å². The van der Waals surface area contributed by atoms with Crippen molar-refractivity contribution in [3.8, 4) is 0 Å². The van der Waals surface area contributed by atoms with E-state index < -0.39 is 71.2 Å². The van der Waals surface area contributed by atoms with Crippen LogP contribution in [0.2, 0.25) is 0 Å². The fraction of sp³-hybridized carbons (Fsp3) is 0. The van der Waals surface area contributed by atoms with Crippen molar-refractivity contribution in [1.82, 2.24) is 0 Å². The van der Waals surface area contributed by atoms with E-state index in [-0.39, 0.29) is 161 Å². The molecule has 63 heteroatoms. The fourth-order valence-corrected chi connectivity index (χ4v) is 0. The molecule has 0 unspecified atom stereocenters. The minimum absolute atomic E-state index is 0. The zero-order valence-electron chi connectivity index (χ0n) is 28.4. The Labute approximate surface area is 443 Å². The normalized spacial score (nSPS) is 5.33. The molecule has 0 aromatic carbocycles. The molecule has 56 nitrogen and oxygen atoms in total. The summed E-state index contributed by atoms with van der Waals surface area (Å²) < 4.78 is 0. The van der Waals surface area contributed by atoms with Gasteiger partial charge in [0.2, 0.25) is 0 Å². The maximum absolute atomic E-state index is 8.25. The molecular weight excluding hydrogens is 1040 g/mol. The van der Waals surface area contributed by atoms with Crippen molar-refractivity contribution in [3.05, 3.63) is 215 Å². The van der Waals surface area contributed by atoms with Gasteiger partial charge in [0, 0.05) is 0 Å². The number of hydrogen-bond acceptors (Lipinski definition) is 42. The third-order valence-electron chi connectivity index (χ3n) is 0. The first kappa shape index (κ1) is 138. The zero-order valence-corrected chi connectivity index (χ0v) is 38.3. The summed E-state index contributed by atoms with van der Waals surface area (Å²) in [5.74, 6) is 0. The van der Waals surface area contributed by atoms with Gasteiger partial charge in [0.15, 0.2) is 0 Å². The van der Waals surface area contributed by atoms with E-state index in [0.29, 0.717) is 0 Å². The maximum atomic E-state index is 8.25. The number of rotatable bonds is 0. The van der Waals surface area contributed by atoms with Gasteiger partial charge < -0.3 is 215 Å². The molecule has 0 saturated carbocycles. The summed E-state index contributed by atoms with van der Waals surface area (Å²) in [5.41, 5.74) is 0. The van der Waals surface area contributed by atoms with Gasteiger partial charge in [0.05, 0.1) is 71.2 Å². The molecule has 0 rings (SSSR count). The number of hydrogen-bond donors (Lipinski definition) is 0. The SMILES string of the molecule is O=[N+]([O-])[O-].O=[N+]([O-])[O-].O=[N+]([O-])[O-].O=[N+]([O-])[O-].O=[N+]([O-])[O-].O=[N+]([O-])[O-].O=[N+]([O-])[O-].O=[N+]([O-])[O-].O=[N+]([O-])[O-].O=[N+]([O-])[O-].O=[N+]([O-])[O-].O=[N+]([O-])[O-].O=[N+]([O-])[O-].O=[N+]([O-])[O-].[Mg+2].[Mg+2].[Mg+2].[Mg+2].[Mg+2].[Mg+2].[Mg+2]. The zero-order chi connectivity index (χ0) is 50.1. The summed E-state index contributed by atoms with van der Waals surface area (Å²) >= 11 is 0. The minimum atomic E-state index is -1.75. The van der Waals surface area contributed by atoms with E-state index in [1.807, 2.05) is 0 Å². The number of nitrogens with zero attached hydrogens (tertiary/aromatic N) is 14. The molecule has 0 N–H and O–H groups in total. The molecule has 0 aliphatic carbocycles. The third-order valence-corrected chi connectivity index (χ3v) is 0. The Morgan fingerprint density at radius 2 is 0.111 bits per heavy atom. The van der Waals surface area contributed by atoms with Crippen LogP contribution < -0.4 is 0 Å². The molecule has 0 aromatic rings. The molecule has 0 fully saturated rings. The Morgan fingerprint density at radius 1 is 0.111 bits per heavy atom. The van der Waals surface area contributed by atoms with Gasteiger partial charge >= 0.3 is 161 Å². The predicted molar refractivity (Wildman–Crippen MR) is 185 cm³/mol. The largest absolute Gasteiger partial charge is 2.00 e. The van der Waals surface area contributed by atoms with E-state index in [0.717, 1.165) is 0 Å². The monoisotopic (exact) mass is 1040 g/mol. The van der Waals surface area contributed by atoms with Crippen LogP contribution in [-0.4, -0.2) is 233 Å². The average Bonchev–Trinajstić information content (AvgIpc) is 2.73. The van der Waals surface area contributed by atoms with Gasteiger partial charge in [-0.2, -0.15) is 0 Å². The molecule has 0 amide bonds. The van der Waals surface area contributed by atoms with Crippen LogP contribution in [-0.2, 0) is 0 Å². The van der Waals surface area contributed by atoms with Crippen molar-refractivity contribution in [2.45, 2.75) is 0 Å². The smallest absolute Gasteiger partial charge is 0.356 e. The molecule has 0 aliphatic rings. The van der Waals surface area contributed by atoms with Gasteiger partial charge in [-0.1, -0.05) is 0 Å². The van der Waals surface area contributed by atoms with Crippen LogP contribution in [0.25, 0.3) is 0 Å². The van der Waals surface area contributed by atoms with Gasteiger partial charge in [-0.3, -0.25) is 0 Å². The van der Waals surface area contributed by atoms with E-state index >= 15 is 0 Å². The first-order valence-electron chi connectivity index (χ1n) is 7.67. The second-order valence-corrected chi connectivity index (χ2v) is 3.13. The van der Waals surface area contributed by atoms with Gasteiger partial charge in [0.1, 0.15) is 0 Å². The maximum Gasteiger partial charge on any atom is 2.00 e. The van der Waals surface area contributed by atoms with Gasteiger partial charge in [-0.05, 0) is 0 Å². The molecule has 0 aliphatic heterocycles. The average molecular weight is 1040 g/mol. The standard InChI is InChI=1S/7Mg.14NO3/c;;;;;;;14*2-1(3)4/q7*+2;14*-1. The van der Waals surface area contributed by atoms with Crippen molar-refractivity contribution in [2.75, 3.05) is 0 Å². The van der Waals surface area contributed by atoms with Crippen molar-refractivity contribution < 1.29 is 71.2 Å². The van der Waals surface area contributed by atoms with Crippen molar-refractivity contribution >= 4 is 161 Å². The Kier molecular flexibility index (Phi) is 286. The van der Waals surface area contributed by atoms with Crippen molar-refractivity contribution in [3.63, 3.8) is 0 Å². The molecule has 336 valence electrons. The summed E-state index contributed by atoms with van der Waals surface area (Å²) in [4.78, 5) is 116. The molecular formula is Mg7N14O42. The van der Waals surface area contributed by atoms with E-state index in [2.05, 4.69) is 0 Å². The molecule has 0 heterocycles. The van der Waals surface area contributed by atoms with Gasteiger partial charge in [-0.25, -0.2) is 0 Å². The second kappa shape index (κ2) is 131. The summed E-state index contributed by atoms with van der Waals surface area (Å²) in [6, 6.07) is 0. The van der Waals surface area contributed by atoms with Crippen LogP contribution in [0, 0.1) is 215 Å². The van der Waals surface area contributed by atoms with E-state index in [1.54, 1.807) is 0 Å². The quantitative estimate of drug-likeness (QED) is 0.124. The van der Waals surface area contributed by atoms with E-state index in [4.69, 9.17) is 215 Å². The summed E-state index contributed by atoms with van der Waals surface area (Å²) in [6.45, 7) is 0. The van der Waals surface area contributed by atoms with Gasteiger partial charge in [-0.15, -0.1) is 0 Å². The summed E-state index contributed by atoms with van der Waals surface area (Å²) in [6.07, 6.45) is 0. The van der Waals surface area contributed by atoms with Crippen molar-refractivity contribution in [1.29, 1.82) is 0 Å². The Morgan fingerprint density at radius 3 is 0.111 bits per heavy atom. The van der Waals surface area contributed by atoms with E-state index in [1.165, 1.54) is 0 Å². The molecule has 63 heavy (non-hydrogen) atoms. The minimum Gasteiger partial charge on any atom is -0.356 e. The fourth-order valence-electron chi connectivity index (χ4n) is 0. The molecule has 0 radical (unpaired) electrons. The molecule has 0 aromatic heterocycles. The Hall–Kier alpha value is -5.84. The van der Waals surface area contributed by atoms with Crippen molar-refractivity contribution in [2.24, 2.45) is 0 Å². The van der Waals surface area contributed by atoms with Gasteiger partial charge in [0.25, 0.3) is 0 Å². The Balaban J connectivity index is -0.0000000157. The van der Waals surface area contributed by atoms with Crippen LogP contribution in [0.15, 0.2) is 0 Å². The summed E-state index contributed by atoms with van der Waals surface area (Å²) in [7, 11) is 0. The predicted octanol–water partition coefficient (Wildman–Crippen LogP) is -6.01. The topological polar surface area (TPSA) is 927 Å². The molecule has 0 spiro atoms. The summed E-state index contributed by atoms with van der Waals surface area (Å²) in [5, 5.41) is 206. The first-order chi connectivity index (χ1) is 24.2. The molecule has 0 bridgehead atoms. The first-order valence-corrected chi connectivity index (χ1v) is 7.67. The van der Waals surface area contributed by atoms with Crippen LogP contribution in [0.1, 0.15) is 0 Å².